The van der Waals surface area contributed by atoms with E-state index in [4.69, 9.17) is 9.47 Å². The summed E-state index contributed by atoms with van der Waals surface area (Å²) in [6.45, 7) is 0. The molecule has 0 bridgehead atoms. The molecule has 2 atom stereocenters. The maximum Gasteiger partial charge on any atom is 0.127 e. The maximum absolute atomic E-state index is 10.5. The van der Waals surface area contributed by atoms with Gasteiger partial charge in [-0.1, -0.05) is 182 Å². The van der Waals surface area contributed by atoms with Gasteiger partial charge < -0.3 is 29.9 Å². The third-order valence-electron chi connectivity index (χ3n) is 13.0. The summed E-state index contributed by atoms with van der Waals surface area (Å²) >= 11 is 0. The van der Waals surface area contributed by atoms with Gasteiger partial charge in [0.15, 0.2) is 0 Å². The molecule has 2 unspecified atom stereocenters. The van der Waals surface area contributed by atoms with E-state index in [9.17, 15) is 20.4 Å². The quantitative estimate of drug-likeness (QED) is 0.128. The molecule has 10 aromatic carbocycles. The molecule has 2 aliphatic rings. The van der Waals surface area contributed by atoms with Crippen molar-refractivity contribution in [3.63, 3.8) is 0 Å². The average Bonchev–Trinajstić information content (AvgIpc) is 3.39. The van der Waals surface area contributed by atoms with E-state index in [1.807, 2.05) is 121 Å². The first-order chi connectivity index (χ1) is 33.3. The molecule has 0 amide bonds. The molecule has 0 fully saturated rings. The summed E-state index contributed by atoms with van der Waals surface area (Å²) in [6.07, 6.45) is 12.0. The van der Waals surface area contributed by atoms with Crippen LogP contribution >= 0.6 is 0 Å². The van der Waals surface area contributed by atoms with Crippen molar-refractivity contribution in [2.75, 3.05) is 14.2 Å². The van der Waals surface area contributed by atoms with Crippen LogP contribution in [-0.4, -0.2) is 91.2 Å². The van der Waals surface area contributed by atoms with Crippen LogP contribution in [0.25, 0.3) is 81.7 Å². The van der Waals surface area contributed by atoms with Crippen LogP contribution in [0.1, 0.15) is 5.56 Å². The Balaban J connectivity index is 0.000000172. The number of aliphatic hydroxyl groups is 1. The topological polar surface area (TPSA) is 99.4 Å². The Hall–Kier alpha value is -5.75. The minimum Gasteiger partial charge on any atom is -0.508 e. The minimum atomic E-state index is 0. The molecule has 10 heteroatoms. The standard InChI is InChI=1S/C22H18O2.C20H16O2.C20H14O2.La.3Li/c1-23-19-13-11-15-7-3-5-9-17(15)21(19)22-18-10-6-4-8-16(18)12-14-20(22)24-2;2*21-17-11-9-13-5-1-3-7-15(13)19(17)20-16-8-4-2-6-14(16)10-12-18(20)22;;;;/h3-14H,1-2H3;1-13,15,21-22H;1-12,21-22H;;;;. The fraction of sp³-hybridized carbons (Fsp3) is 0.0645. The fourth-order valence-electron chi connectivity index (χ4n) is 9.80. The molecular formula is C62H48LaLi3O6. The van der Waals surface area contributed by atoms with E-state index < -0.39 is 0 Å². The second kappa shape index (κ2) is 24.8. The predicted octanol–water partition coefficient (Wildman–Crippen LogP) is 14.3. The summed E-state index contributed by atoms with van der Waals surface area (Å²) in [7, 11) is 3.43. The maximum atomic E-state index is 10.5. The zero-order valence-electron chi connectivity index (χ0n) is 41.1. The van der Waals surface area contributed by atoms with E-state index in [1.165, 1.54) is 10.8 Å². The van der Waals surface area contributed by atoms with Crippen molar-refractivity contribution >= 4 is 116 Å². The molecule has 0 saturated carbocycles. The minimum absolute atomic E-state index is 0. The van der Waals surface area contributed by atoms with E-state index in [-0.39, 0.29) is 127 Å². The van der Waals surface area contributed by atoms with Crippen LogP contribution in [0.4, 0.5) is 0 Å². The number of fused-ring (bicyclic) bond motifs is 6. The van der Waals surface area contributed by atoms with Crippen molar-refractivity contribution < 1.29 is 65.5 Å². The largest absolute Gasteiger partial charge is 0.508 e. The van der Waals surface area contributed by atoms with Gasteiger partial charge >= 0.3 is 0 Å². The molecule has 6 nitrogen and oxygen atoms in total. The van der Waals surface area contributed by atoms with E-state index in [2.05, 4.69) is 72.8 Å². The summed E-state index contributed by atoms with van der Waals surface area (Å²) < 4.78 is 11.4. The molecular weight excluding hydrogens is 1000 g/mol. The van der Waals surface area contributed by atoms with Gasteiger partial charge in [0.2, 0.25) is 0 Å². The van der Waals surface area contributed by atoms with E-state index in [1.54, 1.807) is 38.5 Å². The van der Waals surface area contributed by atoms with Crippen LogP contribution in [-0.2, 0) is 0 Å². The first-order valence-electron chi connectivity index (χ1n) is 22.6. The summed E-state index contributed by atoms with van der Waals surface area (Å²) in [4.78, 5) is 0. The second-order valence-corrected chi connectivity index (χ2v) is 16.8. The molecule has 0 spiro atoms. The van der Waals surface area contributed by atoms with Crippen molar-refractivity contribution in [1.29, 1.82) is 0 Å². The smallest absolute Gasteiger partial charge is 0.127 e. The summed E-state index contributed by atoms with van der Waals surface area (Å²) in [5, 5.41) is 52.4. The number of phenols is 3. The van der Waals surface area contributed by atoms with Gasteiger partial charge in [0.25, 0.3) is 0 Å². The van der Waals surface area contributed by atoms with Crippen molar-refractivity contribution in [2.24, 2.45) is 11.8 Å². The van der Waals surface area contributed by atoms with Gasteiger partial charge in [0.05, 0.1) is 14.2 Å². The molecule has 0 aliphatic heterocycles. The van der Waals surface area contributed by atoms with Crippen LogP contribution in [0.5, 0.6) is 28.7 Å². The van der Waals surface area contributed by atoms with Crippen molar-refractivity contribution in [3.05, 3.63) is 230 Å². The fourth-order valence-corrected chi connectivity index (χ4v) is 9.80. The summed E-state index contributed by atoms with van der Waals surface area (Å²) in [5.74, 6) is 2.74. The number of hydrogen-bond acceptors (Lipinski definition) is 6. The van der Waals surface area contributed by atoms with Gasteiger partial charge in [0.1, 0.15) is 34.5 Å². The van der Waals surface area contributed by atoms with Crippen LogP contribution in [0, 0.1) is 47.4 Å². The van der Waals surface area contributed by atoms with Gasteiger partial charge in [-0.3, -0.25) is 0 Å². The molecule has 338 valence electrons. The van der Waals surface area contributed by atoms with Gasteiger partial charge in [-0.15, -0.1) is 0 Å². The van der Waals surface area contributed by atoms with Gasteiger partial charge in [0, 0.05) is 137 Å². The Morgan fingerprint density at radius 3 is 1.06 bits per heavy atom. The molecule has 72 heavy (non-hydrogen) atoms. The van der Waals surface area contributed by atoms with Crippen LogP contribution in [0.3, 0.4) is 0 Å². The molecule has 0 aromatic heterocycles. The van der Waals surface area contributed by atoms with Gasteiger partial charge in [-0.2, -0.15) is 0 Å². The monoisotopic (exact) mass is 1050 g/mol. The number of phenolic OH excluding ortho intramolecular Hbond substituents is 3. The van der Waals surface area contributed by atoms with Crippen molar-refractivity contribution in [2.45, 2.75) is 0 Å². The molecule has 2 aliphatic carbocycles. The van der Waals surface area contributed by atoms with Crippen LogP contribution < -0.4 is 9.47 Å². The van der Waals surface area contributed by atoms with E-state index in [0.29, 0.717) is 11.1 Å². The van der Waals surface area contributed by atoms with Crippen molar-refractivity contribution in [3.8, 4) is 51.0 Å². The zero-order chi connectivity index (χ0) is 46.7. The number of benzene rings is 10. The molecule has 0 saturated heterocycles. The molecule has 4 radical (unpaired) electrons. The Morgan fingerprint density at radius 2 is 0.667 bits per heavy atom. The molecule has 12 rings (SSSR count). The summed E-state index contributed by atoms with van der Waals surface area (Å²) in [5.41, 5.74) is 5.02. The van der Waals surface area contributed by atoms with Crippen LogP contribution in [0.15, 0.2) is 224 Å². The zero-order valence-corrected chi connectivity index (χ0v) is 44.7. The van der Waals surface area contributed by atoms with Gasteiger partial charge in [-0.25, -0.2) is 0 Å². The van der Waals surface area contributed by atoms with E-state index in [0.717, 1.165) is 76.9 Å². The number of aromatic hydroxyl groups is 3. The normalized spacial score (nSPS) is 14.1. The van der Waals surface area contributed by atoms with Crippen LogP contribution in [0.2, 0.25) is 0 Å². The number of rotatable bonds is 5. The first-order valence-corrected chi connectivity index (χ1v) is 22.6. The third kappa shape index (κ3) is 10.8. The SMILES string of the molecule is COc1ccc2ccccc2c1-c1c(OC)ccc2ccccc12.OC1=C(c2c(O)ccc3ccccc23)C2C=CC=CC2C=C1.Oc1ccc2ccccc2c1-c1c(O)ccc2ccccc12.[La].[Li].[Li].[Li]. The Morgan fingerprint density at radius 1 is 0.347 bits per heavy atom. The Bertz CT molecular complexity index is 3530. The number of ether oxygens (including phenoxy) is 2. The average molecular weight is 1050 g/mol. The molecule has 4 N–H and O–H groups in total. The molecule has 0 heterocycles. The second-order valence-electron chi connectivity index (χ2n) is 16.8. The Labute approximate surface area is 483 Å². The first kappa shape index (κ1) is 55.6. The van der Waals surface area contributed by atoms with E-state index >= 15 is 0 Å². The van der Waals surface area contributed by atoms with Gasteiger partial charge in [-0.05, 0) is 90.3 Å². The van der Waals surface area contributed by atoms with Crippen molar-refractivity contribution in [1.82, 2.24) is 0 Å². The third-order valence-corrected chi connectivity index (χ3v) is 13.0. The number of aliphatic hydroxyl groups excluding tert-OH is 1. The number of methoxy groups -OCH3 is 2. The molecule has 10 aromatic rings. The summed E-state index contributed by atoms with van der Waals surface area (Å²) in [6, 6.07) is 59.4. The predicted molar refractivity (Wildman–Crippen MR) is 297 cm³/mol. The number of allylic oxidation sites excluding steroid dienone is 7. The number of hydrogen-bond donors (Lipinski definition) is 4. The Kier molecular flexibility index (Phi) is 19.1.